The zero-order valence-electron chi connectivity index (χ0n) is 6.37. The Hall–Kier alpha value is 0.240. The molecule has 0 amide bonds. The summed E-state index contributed by atoms with van der Waals surface area (Å²) in [5.41, 5.74) is 0. The van der Waals surface area contributed by atoms with Crippen LogP contribution in [-0.2, 0) is 0 Å². The van der Waals surface area contributed by atoms with Crippen molar-refractivity contribution < 1.29 is 0 Å². The smallest absolute Gasteiger partial charge is 0.0357 e. The lowest BCUT2D eigenvalue weighted by atomic mass is 10.3. The van der Waals surface area contributed by atoms with Crippen LogP contribution < -0.4 is 0 Å². The Kier molecular flexibility index (Phi) is 7.07. The highest BCUT2D eigenvalue weighted by molar-refractivity contribution is 9.09. The molecule has 64 valence electrons. The van der Waals surface area contributed by atoms with Crippen LogP contribution in [0, 0.1) is 0 Å². The van der Waals surface area contributed by atoms with E-state index in [2.05, 4.69) is 45.3 Å². The molecule has 1 aliphatic heterocycles. The summed E-state index contributed by atoms with van der Waals surface area (Å²) in [6.45, 7) is 2.23. The highest BCUT2D eigenvalue weighted by Gasteiger charge is 1.96. The Bertz CT molecular complexity index is 143. The van der Waals surface area contributed by atoms with Crippen LogP contribution in [0.2, 0.25) is 0 Å². The quantitative estimate of drug-likeness (QED) is 0.720. The van der Waals surface area contributed by atoms with Crippen molar-refractivity contribution in [2.45, 2.75) is 6.42 Å². The van der Waals surface area contributed by atoms with Gasteiger partial charge in [-0.3, -0.25) is 0 Å². The maximum Gasteiger partial charge on any atom is 0.0357 e. The van der Waals surface area contributed by atoms with Gasteiger partial charge in [-0.1, -0.05) is 28.1 Å². The minimum Gasteiger partial charge on any atom is -0.374 e. The second kappa shape index (κ2) is 6.92. The second-order valence-corrected chi connectivity index (χ2v) is 3.10. The highest BCUT2D eigenvalue weighted by atomic mass is 79.9. The third kappa shape index (κ3) is 4.64. The Balaban J connectivity index is 0.000001000. The minimum atomic E-state index is 0. The molecule has 0 bridgehead atoms. The summed E-state index contributed by atoms with van der Waals surface area (Å²) in [5, 5.41) is 1.10. The topological polar surface area (TPSA) is 3.24 Å². The third-order valence-corrected chi connectivity index (χ3v) is 2.02. The van der Waals surface area contributed by atoms with Crippen LogP contribution in [0.5, 0.6) is 0 Å². The molecule has 0 saturated heterocycles. The monoisotopic (exact) mass is 281 g/mol. The Morgan fingerprint density at radius 2 is 2.18 bits per heavy atom. The van der Waals surface area contributed by atoms with Gasteiger partial charge in [-0.15, -0.1) is 17.0 Å². The van der Waals surface area contributed by atoms with Gasteiger partial charge in [-0.2, -0.15) is 0 Å². The van der Waals surface area contributed by atoms with Crippen molar-refractivity contribution in [3.63, 3.8) is 0 Å². The fraction of sp³-hybridized carbons (Fsp3) is 0.500. The molecular weight excluding hydrogens is 270 g/mol. The SMILES string of the molecule is Br.BrCCCN1C=CC=CC1. The average Bonchev–Trinajstić information content (AvgIpc) is 2.03. The molecule has 1 nitrogen and oxygen atoms in total. The van der Waals surface area contributed by atoms with Gasteiger partial charge in [0.05, 0.1) is 0 Å². The summed E-state index contributed by atoms with van der Waals surface area (Å²) in [4.78, 5) is 2.31. The molecule has 0 aromatic carbocycles. The zero-order valence-corrected chi connectivity index (χ0v) is 9.67. The van der Waals surface area contributed by atoms with Gasteiger partial charge in [-0.25, -0.2) is 0 Å². The predicted molar refractivity (Wildman–Crippen MR) is 58.6 cm³/mol. The van der Waals surface area contributed by atoms with Crippen LogP contribution in [0.25, 0.3) is 0 Å². The highest BCUT2D eigenvalue weighted by Crippen LogP contribution is 2.00. The van der Waals surface area contributed by atoms with Gasteiger partial charge >= 0.3 is 0 Å². The van der Waals surface area contributed by atoms with Gasteiger partial charge in [0.15, 0.2) is 0 Å². The molecule has 0 saturated carbocycles. The molecule has 0 unspecified atom stereocenters. The normalized spacial score (nSPS) is 14.8. The largest absolute Gasteiger partial charge is 0.374 e. The molecule has 0 atom stereocenters. The summed E-state index contributed by atoms with van der Waals surface area (Å²) < 4.78 is 0. The van der Waals surface area contributed by atoms with Gasteiger partial charge < -0.3 is 4.90 Å². The molecule has 0 aromatic heterocycles. The first-order valence-corrected chi connectivity index (χ1v) is 4.69. The number of rotatable bonds is 3. The molecule has 11 heavy (non-hydrogen) atoms. The Morgan fingerprint density at radius 1 is 1.36 bits per heavy atom. The maximum atomic E-state index is 3.41. The summed E-state index contributed by atoms with van der Waals surface area (Å²) >= 11 is 3.41. The predicted octanol–water partition coefficient (Wildman–Crippen LogP) is 2.73. The lowest BCUT2D eigenvalue weighted by Crippen LogP contribution is -2.20. The van der Waals surface area contributed by atoms with E-state index in [-0.39, 0.29) is 17.0 Å². The molecule has 0 N–H and O–H groups in total. The van der Waals surface area contributed by atoms with Crippen molar-refractivity contribution in [1.82, 2.24) is 4.90 Å². The number of nitrogens with zero attached hydrogens (tertiary/aromatic N) is 1. The summed E-state index contributed by atoms with van der Waals surface area (Å²) in [6.07, 6.45) is 9.71. The van der Waals surface area contributed by atoms with Crippen molar-refractivity contribution in [3.8, 4) is 0 Å². The van der Waals surface area contributed by atoms with Crippen molar-refractivity contribution >= 4 is 32.9 Å². The number of alkyl halides is 1. The molecule has 0 aliphatic carbocycles. The number of hydrogen-bond donors (Lipinski definition) is 0. The van der Waals surface area contributed by atoms with E-state index >= 15 is 0 Å². The number of halogens is 2. The molecule has 0 aromatic rings. The molecule has 1 heterocycles. The maximum absolute atomic E-state index is 3.41. The van der Waals surface area contributed by atoms with Gasteiger partial charge in [0.2, 0.25) is 0 Å². The fourth-order valence-corrected chi connectivity index (χ4v) is 1.19. The van der Waals surface area contributed by atoms with Crippen LogP contribution in [-0.4, -0.2) is 23.3 Å². The van der Waals surface area contributed by atoms with Crippen LogP contribution in [0.4, 0.5) is 0 Å². The third-order valence-electron chi connectivity index (χ3n) is 1.46. The second-order valence-electron chi connectivity index (χ2n) is 2.31. The molecule has 0 fully saturated rings. The van der Waals surface area contributed by atoms with Crippen LogP contribution in [0.1, 0.15) is 6.42 Å². The van der Waals surface area contributed by atoms with Crippen molar-refractivity contribution in [2.75, 3.05) is 18.4 Å². The molecule has 1 aliphatic rings. The summed E-state index contributed by atoms with van der Waals surface area (Å²) in [7, 11) is 0. The van der Waals surface area contributed by atoms with E-state index in [1.807, 2.05) is 0 Å². The van der Waals surface area contributed by atoms with Crippen LogP contribution in [0.3, 0.4) is 0 Å². The molecule has 0 radical (unpaired) electrons. The van der Waals surface area contributed by atoms with Crippen LogP contribution >= 0.6 is 32.9 Å². The van der Waals surface area contributed by atoms with Gasteiger partial charge in [-0.05, 0) is 18.7 Å². The van der Waals surface area contributed by atoms with Crippen molar-refractivity contribution in [2.24, 2.45) is 0 Å². The summed E-state index contributed by atoms with van der Waals surface area (Å²) in [5.74, 6) is 0. The van der Waals surface area contributed by atoms with E-state index in [0.29, 0.717) is 0 Å². The zero-order chi connectivity index (χ0) is 7.23. The Labute approximate surface area is 87.0 Å². The molecular formula is C8H13Br2N. The fourth-order valence-electron chi connectivity index (χ4n) is 0.936. The van der Waals surface area contributed by atoms with Gasteiger partial charge in [0.1, 0.15) is 0 Å². The minimum absolute atomic E-state index is 0. The first-order valence-electron chi connectivity index (χ1n) is 3.57. The first kappa shape index (κ1) is 11.2. The van der Waals surface area contributed by atoms with E-state index in [9.17, 15) is 0 Å². The Morgan fingerprint density at radius 3 is 2.73 bits per heavy atom. The molecule has 1 rings (SSSR count). The van der Waals surface area contributed by atoms with Crippen molar-refractivity contribution in [3.05, 3.63) is 24.4 Å². The van der Waals surface area contributed by atoms with Crippen molar-refractivity contribution in [1.29, 1.82) is 0 Å². The van der Waals surface area contributed by atoms with E-state index < -0.39 is 0 Å². The molecule has 3 heteroatoms. The lowest BCUT2D eigenvalue weighted by Gasteiger charge is -2.19. The summed E-state index contributed by atoms with van der Waals surface area (Å²) in [6, 6.07) is 0. The number of allylic oxidation sites excluding steroid dienone is 2. The first-order chi connectivity index (χ1) is 4.93. The standard InChI is InChI=1S/C8H12BrN.BrH/c9-5-4-8-10-6-2-1-3-7-10;/h1-3,6H,4-5,7-8H2;1H. The van der Waals surface area contributed by atoms with Gasteiger partial charge in [0, 0.05) is 18.4 Å². The lowest BCUT2D eigenvalue weighted by molar-refractivity contribution is 0.413. The van der Waals surface area contributed by atoms with E-state index in [1.165, 1.54) is 6.42 Å². The van der Waals surface area contributed by atoms with Crippen LogP contribution in [0.15, 0.2) is 24.4 Å². The van der Waals surface area contributed by atoms with Gasteiger partial charge in [0.25, 0.3) is 0 Å². The van der Waals surface area contributed by atoms with E-state index in [1.54, 1.807) is 0 Å². The molecule has 0 spiro atoms. The van der Waals surface area contributed by atoms with E-state index in [0.717, 1.165) is 18.4 Å². The van der Waals surface area contributed by atoms with E-state index in [4.69, 9.17) is 0 Å². The average molecular weight is 283 g/mol. The number of hydrogen-bond acceptors (Lipinski definition) is 1.